The van der Waals surface area contributed by atoms with E-state index < -0.39 is 0 Å². The van der Waals surface area contributed by atoms with Crippen molar-refractivity contribution >= 4 is 39.9 Å². The highest BCUT2D eigenvalue weighted by molar-refractivity contribution is 7.99. The van der Waals surface area contributed by atoms with E-state index >= 15 is 0 Å². The Labute approximate surface area is 158 Å². The van der Waals surface area contributed by atoms with Crippen LogP contribution < -0.4 is 10.6 Å². The molecule has 25 heavy (non-hydrogen) atoms. The molecule has 0 saturated heterocycles. The van der Waals surface area contributed by atoms with E-state index in [-0.39, 0.29) is 17.1 Å². The van der Waals surface area contributed by atoms with Gasteiger partial charge in [-0.3, -0.25) is 9.59 Å². The second-order valence-corrected chi connectivity index (χ2v) is 7.32. The number of thioether (sulfide) groups is 1. The normalized spacial score (nSPS) is 11.0. The maximum Gasteiger partial charge on any atom is 0.254 e. The third-order valence-corrected chi connectivity index (χ3v) is 5.14. The maximum atomic E-state index is 12.3. The van der Waals surface area contributed by atoms with Gasteiger partial charge < -0.3 is 10.6 Å². The molecule has 0 bridgehead atoms. The van der Waals surface area contributed by atoms with E-state index in [1.807, 2.05) is 62.7 Å². The number of nitrogens with one attached hydrogen (secondary N) is 2. The number of rotatable bonds is 7. The predicted molar refractivity (Wildman–Crippen MR) is 110 cm³/mol. The van der Waals surface area contributed by atoms with Crippen molar-refractivity contribution in [1.29, 1.82) is 0 Å². The zero-order chi connectivity index (χ0) is 18.7. The van der Waals surface area contributed by atoms with Gasteiger partial charge in [0.2, 0.25) is 5.91 Å². The van der Waals surface area contributed by atoms with Crippen molar-refractivity contribution in [2.24, 2.45) is 0 Å². The summed E-state index contributed by atoms with van der Waals surface area (Å²) in [5, 5.41) is 8.39. The first-order chi connectivity index (χ1) is 12.1. The zero-order valence-corrected chi connectivity index (χ0v) is 16.8. The van der Waals surface area contributed by atoms with Crippen molar-refractivity contribution in [3.05, 3.63) is 52.9 Å². The number of anilines is 1. The minimum Gasteiger partial charge on any atom is -0.348 e. The van der Waals surface area contributed by atoms with Crippen LogP contribution in [-0.2, 0) is 11.3 Å². The van der Waals surface area contributed by atoms with Crippen LogP contribution in [0.1, 0.15) is 43.1 Å². The lowest BCUT2D eigenvalue weighted by molar-refractivity contribution is -0.116. The summed E-state index contributed by atoms with van der Waals surface area (Å²) in [6.07, 6.45) is 2.41. The summed E-state index contributed by atoms with van der Waals surface area (Å²) in [5.41, 5.74) is 1.55. The first kappa shape index (κ1) is 21.3. The minimum absolute atomic E-state index is 0.0635. The molecule has 0 aliphatic heterocycles. The van der Waals surface area contributed by atoms with Crippen LogP contribution in [0.15, 0.2) is 41.8 Å². The molecular formula is C19H26N2O2S2. The van der Waals surface area contributed by atoms with E-state index in [1.165, 1.54) is 11.3 Å². The third-order valence-electron chi connectivity index (χ3n) is 3.33. The summed E-state index contributed by atoms with van der Waals surface area (Å²) in [6.45, 7) is 6.47. The molecule has 0 spiro atoms. The molecule has 2 rings (SSSR count). The van der Waals surface area contributed by atoms with Crippen LogP contribution in [0.4, 0.5) is 5.00 Å². The van der Waals surface area contributed by atoms with Crippen LogP contribution >= 0.6 is 23.1 Å². The van der Waals surface area contributed by atoms with Crippen LogP contribution in [0.3, 0.4) is 0 Å². The SMILES string of the molecule is CC.CSC(C)CC(=O)Nc1sccc1C(=O)NCc1ccccc1. The Bertz CT molecular complexity index is 656. The molecule has 1 atom stereocenters. The number of thiophene rings is 1. The fourth-order valence-electron chi connectivity index (χ4n) is 1.98. The lowest BCUT2D eigenvalue weighted by Crippen LogP contribution is -2.24. The molecule has 0 radical (unpaired) electrons. The third kappa shape index (κ3) is 7.32. The number of hydrogen-bond acceptors (Lipinski definition) is 4. The quantitative estimate of drug-likeness (QED) is 0.729. The summed E-state index contributed by atoms with van der Waals surface area (Å²) in [7, 11) is 0. The highest BCUT2D eigenvalue weighted by atomic mass is 32.2. The molecule has 2 N–H and O–H groups in total. The average molecular weight is 379 g/mol. The largest absolute Gasteiger partial charge is 0.348 e. The second kappa shape index (κ2) is 11.7. The average Bonchev–Trinajstić information content (AvgIpc) is 3.10. The molecule has 1 aromatic carbocycles. The van der Waals surface area contributed by atoms with Crippen LogP contribution in [0, 0.1) is 0 Å². The number of hydrogen-bond donors (Lipinski definition) is 2. The van der Waals surface area contributed by atoms with Crippen LogP contribution in [0.25, 0.3) is 0 Å². The number of amides is 2. The summed E-state index contributed by atoms with van der Waals surface area (Å²) in [5.74, 6) is -0.241. The van der Waals surface area contributed by atoms with E-state index in [2.05, 4.69) is 10.6 Å². The molecule has 2 amide bonds. The standard InChI is InChI=1S/C17H20N2O2S2.C2H6/c1-12(22-2)10-15(20)19-17-14(8-9-23-17)16(21)18-11-13-6-4-3-5-7-13;1-2/h3-9,12H,10-11H2,1-2H3,(H,18,21)(H,19,20);1-2H3. The van der Waals surface area contributed by atoms with Gasteiger partial charge >= 0.3 is 0 Å². The molecule has 1 aromatic heterocycles. The number of carbonyl (C=O) groups is 2. The zero-order valence-electron chi connectivity index (χ0n) is 15.2. The Morgan fingerprint density at radius 1 is 1.16 bits per heavy atom. The van der Waals surface area contributed by atoms with E-state index in [0.717, 1.165) is 5.56 Å². The van der Waals surface area contributed by atoms with Gasteiger partial charge in [0.25, 0.3) is 5.91 Å². The summed E-state index contributed by atoms with van der Waals surface area (Å²) in [6, 6.07) is 11.5. The van der Waals surface area contributed by atoms with Crippen molar-refractivity contribution in [2.45, 2.75) is 39.0 Å². The first-order valence-corrected chi connectivity index (χ1v) is 10.5. The van der Waals surface area contributed by atoms with Gasteiger partial charge in [0, 0.05) is 18.2 Å². The molecule has 0 aliphatic carbocycles. The number of carbonyl (C=O) groups excluding carboxylic acids is 2. The Balaban J connectivity index is 0.00000151. The topological polar surface area (TPSA) is 58.2 Å². The first-order valence-electron chi connectivity index (χ1n) is 8.32. The molecule has 0 aliphatic rings. The van der Waals surface area contributed by atoms with Crippen molar-refractivity contribution in [3.63, 3.8) is 0 Å². The highest BCUT2D eigenvalue weighted by Gasteiger charge is 2.16. The van der Waals surface area contributed by atoms with Gasteiger partial charge in [0.15, 0.2) is 0 Å². The molecule has 1 heterocycles. The van der Waals surface area contributed by atoms with Gasteiger partial charge in [-0.2, -0.15) is 11.8 Å². The smallest absolute Gasteiger partial charge is 0.254 e. The molecule has 1 unspecified atom stereocenters. The summed E-state index contributed by atoms with van der Waals surface area (Å²) >= 11 is 3.01. The van der Waals surface area contributed by atoms with Gasteiger partial charge in [-0.1, -0.05) is 51.1 Å². The molecule has 6 heteroatoms. The lowest BCUT2D eigenvalue weighted by Gasteiger charge is -2.10. The predicted octanol–water partition coefficient (Wildman–Crippen LogP) is 4.78. The Kier molecular flexibility index (Phi) is 9.96. The van der Waals surface area contributed by atoms with E-state index in [9.17, 15) is 9.59 Å². The van der Waals surface area contributed by atoms with Gasteiger partial charge in [0.05, 0.1) is 5.56 Å². The number of benzene rings is 1. The van der Waals surface area contributed by atoms with Crippen molar-refractivity contribution < 1.29 is 9.59 Å². The van der Waals surface area contributed by atoms with Gasteiger partial charge in [-0.05, 0) is 23.3 Å². The van der Waals surface area contributed by atoms with E-state index in [4.69, 9.17) is 0 Å². The van der Waals surface area contributed by atoms with Gasteiger partial charge in [-0.15, -0.1) is 11.3 Å². The molecule has 2 aromatic rings. The van der Waals surface area contributed by atoms with E-state index in [0.29, 0.717) is 23.5 Å². The molecular weight excluding hydrogens is 352 g/mol. The van der Waals surface area contributed by atoms with Gasteiger partial charge in [-0.25, -0.2) is 0 Å². The van der Waals surface area contributed by atoms with Gasteiger partial charge in [0.1, 0.15) is 5.00 Å². The Morgan fingerprint density at radius 3 is 2.48 bits per heavy atom. The fourth-order valence-corrected chi connectivity index (χ4v) is 3.10. The second-order valence-electron chi connectivity index (χ2n) is 5.13. The van der Waals surface area contributed by atoms with Crippen LogP contribution in [0.2, 0.25) is 0 Å². The monoisotopic (exact) mass is 378 g/mol. The Hall–Kier alpha value is -1.79. The molecule has 136 valence electrons. The van der Waals surface area contributed by atoms with Crippen molar-refractivity contribution in [1.82, 2.24) is 5.32 Å². The maximum absolute atomic E-state index is 12.3. The van der Waals surface area contributed by atoms with Crippen LogP contribution in [-0.4, -0.2) is 23.3 Å². The van der Waals surface area contributed by atoms with E-state index in [1.54, 1.807) is 17.8 Å². The Morgan fingerprint density at radius 2 is 1.84 bits per heavy atom. The summed E-state index contributed by atoms with van der Waals surface area (Å²) in [4.78, 5) is 24.3. The highest BCUT2D eigenvalue weighted by Crippen LogP contribution is 2.24. The van der Waals surface area contributed by atoms with Crippen LogP contribution in [0.5, 0.6) is 0 Å². The lowest BCUT2D eigenvalue weighted by atomic mass is 10.2. The van der Waals surface area contributed by atoms with Crippen molar-refractivity contribution in [2.75, 3.05) is 11.6 Å². The molecule has 0 fully saturated rings. The van der Waals surface area contributed by atoms with Crippen molar-refractivity contribution in [3.8, 4) is 0 Å². The molecule has 0 saturated carbocycles. The fraction of sp³-hybridized carbons (Fsp3) is 0.368. The minimum atomic E-state index is -0.177. The molecule has 4 nitrogen and oxygen atoms in total. The summed E-state index contributed by atoms with van der Waals surface area (Å²) < 4.78 is 0.